The molecule has 1 aromatic rings. The molecule has 0 aromatic carbocycles. The van der Waals surface area contributed by atoms with Crippen molar-refractivity contribution in [1.29, 1.82) is 0 Å². The van der Waals surface area contributed by atoms with Crippen molar-refractivity contribution in [1.82, 2.24) is 15.3 Å². The molecule has 2 rings (SSSR count). The zero-order valence-corrected chi connectivity index (χ0v) is 10.7. The Hall–Kier alpha value is -0.361. The van der Waals surface area contributed by atoms with Gasteiger partial charge in [0.05, 0.1) is 0 Å². The van der Waals surface area contributed by atoms with Crippen molar-refractivity contribution in [3.05, 3.63) is 12.4 Å². The van der Waals surface area contributed by atoms with Crippen LogP contribution in [0.2, 0.25) is 0 Å². The number of piperazine rings is 1. The Kier molecular flexibility index (Phi) is 3.00. The minimum atomic E-state index is 1.01. The predicted octanol–water partition coefficient (Wildman–Crippen LogP) is -1.59. The number of aromatic nitrogens is 2. The molecule has 0 amide bonds. The molecule has 1 aliphatic rings. The monoisotopic (exact) mass is 284 g/mol. The Balaban J connectivity index is 2.10. The summed E-state index contributed by atoms with van der Waals surface area (Å²) in [5, 5.41) is 3.31. The molecule has 0 unspecified atom stereocenters. The molecule has 68 valence electrons. The second-order valence-corrected chi connectivity index (χ2v) is 4.72. The molecule has 2 heterocycles. The molecular formula is C8H12N4Sn. The van der Waals surface area contributed by atoms with Crippen molar-refractivity contribution in [2.24, 2.45) is 0 Å². The molecule has 0 atom stereocenters. The number of nitrogens with zero attached hydrogens (tertiary/aromatic N) is 3. The summed E-state index contributed by atoms with van der Waals surface area (Å²) in [4.78, 5) is 10.9. The van der Waals surface area contributed by atoms with Crippen LogP contribution in [0.5, 0.6) is 0 Å². The van der Waals surface area contributed by atoms with Crippen molar-refractivity contribution in [2.45, 2.75) is 0 Å². The average molecular weight is 283 g/mol. The van der Waals surface area contributed by atoms with Gasteiger partial charge in [0.1, 0.15) is 0 Å². The Morgan fingerprint density at radius 3 is 2.62 bits per heavy atom. The van der Waals surface area contributed by atoms with Crippen LogP contribution in [0.25, 0.3) is 0 Å². The fourth-order valence-corrected chi connectivity index (χ4v) is 1.81. The summed E-state index contributed by atoms with van der Waals surface area (Å²) in [7, 11) is 0. The molecule has 1 aromatic heterocycles. The molecule has 0 saturated carbocycles. The number of nitrogens with one attached hydrogen (secondary N) is 1. The van der Waals surface area contributed by atoms with Crippen LogP contribution in [0.15, 0.2) is 12.4 Å². The number of anilines is 1. The second kappa shape index (κ2) is 4.23. The van der Waals surface area contributed by atoms with E-state index in [2.05, 4.69) is 20.2 Å². The maximum atomic E-state index is 4.37. The summed E-state index contributed by atoms with van der Waals surface area (Å²) in [6.45, 7) is 4.16. The van der Waals surface area contributed by atoms with Gasteiger partial charge in [0.15, 0.2) is 0 Å². The van der Waals surface area contributed by atoms with Crippen molar-refractivity contribution in [2.75, 3.05) is 31.1 Å². The van der Waals surface area contributed by atoms with Gasteiger partial charge in [-0.05, 0) is 0 Å². The zero-order chi connectivity index (χ0) is 9.10. The normalized spacial score (nSPS) is 17.5. The van der Waals surface area contributed by atoms with Gasteiger partial charge in [-0.2, -0.15) is 0 Å². The van der Waals surface area contributed by atoms with E-state index in [1.165, 1.54) is 0 Å². The van der Waals surface area contributed by atoms with Crippen LogP contribution in [-0.2, 0) is 0 Å². The van der Waals surface area contributed by atoms with Crippen molar-refractivity contribution in [3.63, 3.8) is 0 Å². The van der Waals surface area contributed by atoms with Crippen LogP contribution in [0.4, 0.5) is 5.82 Å². The van der Waals surface area contributed by atoms with Gasteiger partial charge in [0, 0.05) is 0 Å². The predicted molar refractivity (Wildman–Crippen MR) is 53.9 cm³/mol. The maximum absolute atomic E-state index is 4.37. The topological polar surface area (TPSA) is 41.1 Å². The first-order valence-electron chi connectivity index (χ1n) is 4.39. The third kappa shape index (κ3) is 2.31. The SMILES string of the molecule is [SnH][c]1cnc(N2CCNCC2)cn1. The van der Waals surface area contributed by atoms with Crippen LogP contribution in [-0.4, -0.2) is 58.7 Å². The molecule has 0 bridgehead atoms. The quantitative estimate of drug-likeness (QED) is 0.631. The zero-order valence-electron chi connectivity index (χ0n) is 7.40. The van der Waals surface area contributed by atoms with Crippen molar-refractivity contribution < 1.29 is 0 Å². The van der Waals surface area contributed by atoms with E-state index < -0.39 is 0 Å². The molecule has 1 N–H and O–H groups in total. The summed E-state index contributed by atoms with van der Waals surface area (Å²) in [6, 6.07) is 0. The number of hydrogen-bond acceptors (Lipinski definition) is 4. The molecule has 5 heteroatoms. The van der Waals surface area contributed by atoms with E-state index in [9.17, 15) is 0 Å². The molecule has 0 aliphatic carbocycles. The van der Waals surface area contributed by atoms with Crippen molar-refractivity contribution >= 4 is 32.1 Å². The van der Waals surface area contributed by atoms with Gasteiger partial charge in [0.2, 0.25) is 0 Å². The van der Waals surface area contributed by atoms with E-state index in [0.717, 1.165) is 58.2 Å². The first-order valence-corrected chi connectivity index (χ1v) is 6.04. The Morgan fingerprint density at radius 2 is 2.00 bits per heavy atom. The molecule has 0 spiro atoms. The fraction of sp³-hybridized carbons (Fsp3) is 0.500. The summed E-state index contributed by atoms with van der Waals surface area (Å²) >= 11 is 1.04. The van der Waals surface area contributed by atoms with E-state index in [4.69, 9.17) is 0 Å². The fourth-order valence-electron chi connectivity index (χ4n) is 1.39. The molecule has 1 aliphatic heterocycles. The number of rotatable bonds is 1. The Morgan fingerprint density at radius 1 is 1.23 bits per heavy atom. The van der Waals surface area contributed by atoms with Gasteiger partial charge in [-0.25, -0.2) is 0 Å². The average Bonchev–Trinajstić information content (AvgIpc) is 2.20. The standard InChI is InChI=1S/C8H11N4.Sn.H/c1-2-11-8(7-10-1)12-5-3-9-4-6-12;;/h2,7,9H,3-6H2;;. The van der Waals surface area contributed by atoms with E-state index in [0.29, 0.717) is 0 Å². The summed E-state index contributed by atoms with van der Waals surface area (Å²) in [5.74, 6) is 1.01. The summed E-state index contributed by atoms with van der Waals surface area (Å²) in [6.07, 6.45) is 3.75. The van der Waals surface area contributed by atoms with Gasteiger partial charge in [-0.3, -0.25) is 0 Å². The first kappa shape index (κ1) is 9.20. The Labute approximate surface area is 90.8 Å². The summed E-state index contributed by atoms with van der Waals surface area (Å²) in [5.41, 5.74) is 0. The second-order valence-electron chi connectivity index (χ2n) is 3.04. The van der Waals surface area contributed by atoms with Crippen LogP contribution in [0, 0.1) is 0 Å². The van der Waals surface area contributed by atoms with E-state index in [1.807, 2.05) is 12.4 Å². The molecule has 2 radical (unpaired) electrons. The van der Waals surface area contributed by atoms with Crippen LogP contribution < -0.4 is 13.9 Å². The van der Waals surface area contributed by atoms with E-state index in [-0.39, 0.29) is 0 Å². The van der Waals surface area contributed by atoms with Crippen LogP contribution in [0.1, 0.15) is 0 Å². The summed E-state index contributed by atoms with van der Waals surface area (Å²) < 4.78 is 1.10. The van der Waals surface area contributed by atoms with Gasteiger partial charge in [-0.1, -0.05) is 0 Å². The molecule has 1 saturated heterocycles. The van der Waals surface area contributed by atoms with Gasteiger partial charge in [0.25, 0.3) is 0 Å². The molecule has 1 fully saturated rings. The molecule has 4 nitrogen and oxygen atoms in total. The van der Waals surface area contributed by atoms with Gasteiger partial charge < -0.3 is 0 Å². The van der Waals surface area contributed by atoms with E-state index >= 15 is 0 Å². The molecule has 13 heavy (non-hydrogen) atoms. The van der Waals surface area contributed by atoms with Crippen LogP contribution in [0.3, 0.4) is 0 Å². The van der Waals surface area contributed by atoms with E-state index in [1.54, 1.807) is 0 Å². The van der Waals surface area contributed by atoms with Gasteiger partial charge in [-0.15, -0.1) is 0 Å². The molecular weight excluding hydrogens is 271 g/mol. The number of hydrogen-bond donors (Lipinski definition) is 1. The van der Waals surface area contributed by atoms with Gasteiger partial charge >= 0.3 is 90.8 Å². The first-order chi connectivity index (χ1) is 6.36. The van der Waals surface area contributed by atoms with Crippen molar-refractivity contribution in [3.8, 4) is 0 Å². The Bertz CT molecular complexity index is 268. The minimum absolute atomic E-state index is 1.01. The third-order valence-corrected chi connectivity index (χ3v) is 2.95. The third-order valence-electron chi connectivity index (χ3n) is 2.10. The van der Waals surface area contributed by atoms with Crippen LogP contribution >= 0.6 is 0 Å².